The molecule has 1 aromatic heterocycles. The first kappa shape index (κ1) is 19.6. The average molecular weight is 393 g/mol. The summed E-state index contributed by atoms with van der Waals surface area (Å²) in [5.41, 5.74) is 8.48. The molecule has 2 aromatic carbocycles. The summed E-state index contributed by atoms with van der Waals surface area (Å²) < 4.78 is 7.46. The van der Waals surface area contributed by atoms with Crippen molar-refractivity contribution < 1.29 is 4.74 Å². The topological polar surface area (TPSA) is 50.6 Å². The van der Waals surface area contributed by atoms with Gasteiger partial charge in [0.2, 0.25) is 0 Å². The highest BCUT2D eigenvalue weighted by molar-refractivity contribution is 7.80. The number of anilines is 1. The van der Waals surface area contributed by atoms with Crippen molar-refractivity contribution in [2.24, 2.45) is 5.10 Å². The van der Waals surface area contributed by atoms with E-state index in [-0.39, 0.29) is 0 Å². The molecular formula is C22H24N4OS. The highest BCUT2D eigenvalue weighted by Gasteiger charge is 2.05. The SMILES string of the molecule is COc1ccccc1NC(=S)NN=Cc1cccn1Cc1cc(C)ccc1C. The van der Waals surface area contributed by atoms with Crippen LogP contribution in [-0.4, -0.2) is 23.0 Å². The Morgan fingerprint density at radius 1 is 1.14 bits per heavy atom. The highest BCUT2D eigenvalue weighted by Crippen LogP contribution is 2.22. The van der Waals surface area contributed by atoms with Crippen molar-refractivity contribution in [1.29, 1.82) is 0 Å². The molecule has 0 saturated carbocycles. The van der Waals surface area contributed by atoms with Gasteiger partial charge in [0.15, 0.2) is 5.11 Å². The van der Waals surface area contributed by atoms with Gasteiger partial charge in [-0.3, -0.25) is 5.43 Å². The first-order chi connectivity index (χ1) is 13.6. The van der Waals surface area contributed by atoms with Gasteiger partial charge in [-0.2, -0.15) is 5.10 Å². The van der Waals surface area contributed by atoms with Crippen LogP contribution in [0.1, 0.15) is 22.4 Å². The van der Waals surface area contributed by atoms with Crippen LogP contribution >= 0.6 is 12.2 Å². The zero-order chi connectivity index (χ0) is 19.9. The van der Waals surface area contributed by atoms with Crippen LogP contribution in [0.2, 0.25) is 0 Å². The zero-order valence-corrected chi connectivity index (χ0v) is 17.1. The summed E-state index contributed by atoms with van der Waals surface area (Å²) in [6.45, 7) is 5.04. The van der Waals surface area contributed by atoms with E-state index in [2.05, 4.69) is 58.7 Å². The Kier molecular flexibility index (Phi) is 6.45. The zero-order valence-electron chi connectivity index (χ0n) is 16.3. The van der Waals surface area contributed by atoms with Crippen LogP contribution in [0.15, 0.2) is 65.9 Å². The van der Waals surface area contributed by atoms with Crippen LogP contribution in [0.4, 0.5) is 5.69 Å². The number of rotatable bonds is 6. The number of methoxy groups -OCH3 is 1. The molecule has 144 valence electrons. The fourth-order valence-electron chi connectivity index (χ4n) is 2.90. The van der Waals surface area contributed by atoms with Crippen molar-refractivity contribution in [3.63, 3.8) is 0 Å². The number of thiocarbonyl (C=S) groups is 1. The molecule has 5 nitrogen and oxygen atoms in total. The van der Waals surface area contributed by atoms with Gasteiger partial charge in [0.05, 0.1) is 24.7 Å². The summed E-state index contributed by atoms with van der Waals surface area (Å²) in [4.78, 5) is 0. The number of nitrogens with one attached hydrogen (secondary N) is 2. The standard InChI is InChI=1S/C22H24N4OS/c1-16-10-11-17(2)18(13-16)15-26-12-6-7-19(26)14-23-25-22(28)24-20-8-4-5-9-21(20)27-3/h4-14H,15H2,1-3H3,(H2,24,25,28). The monoisotopic (exact) mass is 392 g/mol. The van der Waals surface area contributed by atoms with Gasteiger partial charge >= 0.3 is 0 Å². The van der Waals surface area contributed by atoms with Crippen LogP contribution in [0.5, 0.6) is 5.75 Å². The van der Waals surface area contributed by atoms with Crippen molar-refractivity contribution in [3.05, 3.63) is 83.2 Å². The molecule has 6 heteroatoms. The maximum atomic E-state index is 5.31. The molecule has 0 fully saturated rings. The lowest BCUT2D eigenvalue weighted by atomic mass is 10.1. The predicted octanol–water partition coefficient (Wildman–Crippen LogP) is 4.48. The third-order valence-corrected chi connectivity index (χ3v) is 4.62. The minimum atomic E-state index is 0.397. The molecule has 0 unspecified atom stereocenters. The molecule has 1 heterocycles. The molecule has 0 radical (unpaired) electrons. The van der Waals surface area contributed by atoms with Gasteiger partial charge in [0, 0.05) is 12.7 Å². The number of aromatic nitrogens is 1. The summed E-state index contributed by atoms with van der Waals surface area (Å²) in [5.74, 6) is 0.720. The van der Waals surface area contributed by atoms with Gasteiger partial charge in [-0.05, 0) is 61.5 Å². The lowest BCUT2D eigenvalue weighted by molar-refractivity contribution is 0.417. The van der Waals surface area contributed by atoms with E-state index in [0.717, 1.165) is 23.7 Å². The van der Waals surface area contributed by atoms with E-state index in [0.29, 0.717) is 5.11 Å². The molecular weight excluding hydrogens is 368 g/mol. The van der Waals surface area contributed by atoms with Crippen LogP contribution in [0.3, 0.4) is 0 Å². The van der Waals surface area contributed by atoms with Gasteiger partial charge < -0.3 is 14.6 Å². The molecule has 2 N–H and O–H groups in total. The minimum absolute atomic E-state index is 0.397. The van der Waals surface area contributed by atoms with E-state index in [9.17, 15) is 0 Å². The number of hydrogen-bond acceptors (Lipinski definition) is 3. The number of hydrazone groups is 1. The third-order valence-electron chi connectivity index (χ3n) is 4.43. The Labute approximate surface area is 171 Å². The van der Waals surface area contributed by atoms with Crippen LogP contribution in [0, 0.1) is 13.8 Å². The fourth-order valence-corrected chi connectivity index (χ4v) is 3.06. The Balaban J connectivity index is 1.63. The van der Waals surface area contributed by atoms with E-state index in [1.54, 1.807) is 13.3 Å². The van der Waals surface area contributed by atoms with Crippen molar-refractivity contribution >= 4 is 29.2 Å². The first-order valence-corrected chi connectivity index (χ1v) is 9.42. The summed E-state index contributed by atoms with van der Waals surface area (Å²) in [6.07, 6.45) is 3.82. The second-order valence-electron chi connectivity index (χ2n) is 6.52. The van der Waals surface area contributed by atoms with E-state index < -0.39 is 0 Å². The molecule has 3 aromatic rings. The van der Waals surface area contributed by atoms with Crippen LogP contribution < -0.4 is 15.5 Å². The molecule has 0 aliphatic carbocycles. The minimum Gasteiger partial charge on any atom is -0.495 e. The molecule has 0 saturated heterocycles. The summed E-state index contributed by atoms with van der Waals surface area (Å²) in [6, 6.07) is 18.1. The second-order valence-corrected chi connectivity index (χ2v) is 6.92. The van der Waals surface area contributed by atoms with Crippen molar-refractivity contribution in [2.75, 3.05) is 12.4 Å². The molecule has 0 amide bonds. The van der Waals surface area contributed by atoms with Crippen LogP contribution in [-0.2, 0) is 6.54 Å². The second kappa shape index (κ2) is 9.19. The largest absolute Gasteiger partial charge is 0.495 e. The first-order valence-electron chi connectivity index (χ1n) is 9.01. The Hall–Kier alpha value is -3.12. The number of nitrogens with zero attached hydrogens (tertiary/aromatic N) is 2. The number of hydrogen-bond donors (Lipinski definition) is 2. The molecule has 0 aliphatic rings. The third kappa shape index (κ3) is 4.98. The maximum Gasteiger partial charge on any atom is 0.191 e. The van der Waals surface area contributed by atoms with E-state index >= 15 is 0 Å². The molecule has 0 atom stereocenters. The molecule has 0 spiro atoms. The van der Waals surface area contributed by atoms with Gasteiger partial charge in [-0.1, -0.05) is 35.9 Å². The summed E-state index contributed by atoms with van der Waals surface area (Å²) in [7, 11) is 1.62. The predicted molar refractivity (Wildman–Crippen MR) is 119 cm³/mol. The maximum absolute atomic E-state index is 5.31. The Bertz CT molecular complexity index is 994. The molecule has 28 heavy (non-hydrogen) atoms. The number of ether oxygens (including phenoxy) is 1. The van der Waals surface area contributed by atoms with Crippen molar-refractivity contribution in [2.45, 2.75) is 20.4 Å². The molecule has 0 bridgehead atoms. The lowest BCUT2D eigenvalue weighted by Gasteiger charge is -2.11. The summed E-state index contributed by atoms with van der Waals surface area (Å²) >= 11 is 5.31. The van der Waals surface area contributed by atoms with Gasteiger partial charge in [0.25, 0.3) is 0 Å². The van der Waals surface area contributed by atoms with E-state index in [4.69, 9.17) is 17.0 Å². The van der Waals surface area contributed by atoms with Gasteiger partial charge in [0.1, 0.15) is 5.75 Å². The van der Waals surface area contributed by atoms with E-state index in [1.165, 1.54) is 16.7 Å². The van der Waals surface area contributed by atoms with Crippen molar-refractivity contribution in [1.82, 2.24) is 9.99 Å². The highest BCUT2D eigenvalue weighted by atomic mass is 32.1. The van der Waals surface area contributed by atoms with Gasteiger partial charge in [-0.25, -0.2) is 0 Å². The summed E-state index contributed by atoms with van der Waals surface area (Å²) in [5, 5.41) is 7.75. The smallest absolute Gasteiger partial charge is 0.191 e. The van der Waals surface area contributed by atoms with Crippen LogP contribution in [0.25, 0.3) is 0 Å². The fraction of sp³-hybridized carbons (Fsp3) is 0.182. The molecule has 0 aliphatic heterocycles. The van der Waals surface area contributed by atoms with E-state index in [1.807, 2.05) is 36.4 Å². The molecule has 3 rings (SSSR count). The normalized spacial score (nSPS) is 10.8. The van der Waals surface area contributed by atoms with Crippen molar-refractivity contribution in [3.8, 4) is 5.75 Å². The lowest BCUT2D eigenvalue weighted by Crippen LogP contribution is -2.24. The number of aryl methyl sites for hydroxylation is 2. The Morgan fingerprint density at radius 3 is 2.79 bits per heavy atom. The quantitative estimate of drug-likeness (QED) is 0.369. The van der Waals surface area contributed by atoms with Gasteiger partial charge in [-0.15, -0.1) is 0 Å². The Morgan fingerprint density at radius 2 is 1.96 bits per heavy atom. The number of benzene rings is 2. The number of para-hydroxylation sites is 2. The average Bonchev–Trinajstić information content (AvgIpc) is 3.12.